The standard InChI is InChI=1S/C15H22FN/c1-12(2)5-6-13-7-8-15(14(16)11-13)17-9-3-4-10-17/h7-8,11-12H,3-6,9-10H2,1-2H3. The normalized spacial score (nSPS) is 15.9. The summed E-state index contributed by atoms with van der Waals surface area (Å²) in [5.41, 5.74) is 1.91. The second-order valence-electron chi connectivity index (χ2n) is 5.41. The molecule has 94 valence electrons. The summed E-state index contributed by atoms with van der Waals surface area (Å²) in [4.78, 5) is 2.15. The lowest BCUT2D eigenvalue weighted by Gasteiger charge is -2.18. The van der Waals surface area contributed by atoms with Crippen LogP contribution in [0.5, 0.6) is 0 Å². The predicted octanol–water partition coefficient (Wildman–Crippen LogP) is 4.01. The van der Waals surface area contributed by atoms with E-state index in [0.717, 1.165) is 37.2 Å². The van der Waals surface area contributed by atoms with Crippen LogP contribution in [0.2, 0.25) is 0 Å². The van der Waals surface area contributed by atoms with Gasteiger partial charge in [0.15, 0.2) is 0 Å². The highest BCUT2D eigenvalue weighted by atomic mass is 19.1. The highest BCUT2D eigenvalue weighted by Crippen LogP contribution is 2.25. The smallest absolute Gasteiger partial charge is 0.146 e. The molecule has 0 saturated carbocycles. The van der Waals surface area contributed by atoms with Crippen molar-refractivity contribution >= 4 is 5.69 Å². The van der Waals surface area contributed by atoms with Gasteiger partial charge in [0.05, 0.1) is 5.69 Å². The molecule has 1 heterocycles. The van der Waals surface area contributed by atoms with Gasteiger partial charge in [0.1, 0.15) is 5.82 Å². The first-order valence-corrected chi connectivity index (χ1v) is 6.70. The Morgan fingerprint density at radius 1 is 1.24 bits per heavy atom. The lowest BCUT2D eigenvalue weighted by Crippen LogP contribution is -2.18. The summed E-state index contributed by atoms with van der Waals surface area (Å²) in [5, 5.41) is 0. The maximum atomic E-state index is 14.0. The van der Waals surface area contributed by atoms with Gasteiger partial charge < -0.3 is 4.90 Å². The molecule has 0 radical (unpaired) electrons. The third kappa shape index (κ3) is 3.21. The molecule has 2 heteroatoms. The summed E-state index contributed by atoms with van der Waals surface area (Å²) in [7, 11) is 0. The Bertz CT molecular complexity index is 367. The minimum atomic E-state index is -0.0480. The van der Waals surface area contributed by atoms with Crippen molar-refractivity contribution in [1.82, 2.24) is 0 Å². The second-order valence-corrected chi connectivity index (χ2v) is 5.41. The zero-order chi connectivity index (χ0) is 12.3. The van der Waals surface area contributed by atoms with E-state index in [1.165, 1.54) is 12.8 Å². The van der Waals surface area contributed by atoms with Gasteiger partial charge in [-0.15, -0.1) is 0 Å². The summed E-state index contributed by atoms with van der Waals surface area (Å²) in [5.74, 6) is 0.629. The third-order valence-corrected chi connectivity index (χ3v) is 3.47. The van der Waals surface area contributed by atoms with Gasteiger partial charge in [-0.05, 0) is 49.3 Å². The lowest BCUT2D eigenvalue weighted by molar-refractivity contribution is 0.581. The fraction of sp³-hybridized carbons (Fsp3) is 0.600. The van der Waals surface area contributed by atoms with Crippen molar-refractivity contribution in [3.63, 3.8) is 0 Å². The van der Waals surface area contributed by atoms with Crippen LogP contribution >= 0.6 is 0 Å². The monoisotopic (exact) mass is 235 g/mol. The number of halogens is 1. The van der Waals surface area contributed by atoms with E-state index in [4.69, 9.17) is 0 Å². The van der Waals surface area contributed by atoms with E-state index in [1.54, 1.807) is 6.07 Å². The Balaban J connectivity index is 2.05. The minimum absolute atomic E-state index is 0.0480. The van der Waals surface area contributed by atoms with Crippen molar-refractivity contribution < 1.29 is 4.39 Å². The molecule has 0 spiro atoms. The Morgan fingerprint density at radius 3 is 2.53 bits per heavy atom. The summed E-state index contributed by atoms with van der Waals surface area (Å²) >= 11 is 0. The number of nitrogens with zero attached hydrogens (tertiary/aromatic N) is 1. The highest BCUT2D eigenvalue weighted by molar-refractivity contribution is 5.49. The molecule has 1 aliphatic heterocycles. The van der Waals surface area contributed by atoms with Gasteiger partial charge in [-0.1, -0.05) is 19.9 Å². The van der Waals surface area contributed by atoms with Crippen LogP contribution in [0.25, 0.3) is 0 Å². The van der Waals surface area contributed by atoms with Crippen molar-refractivity contribution in [3.05, 3.63) is 29.6 Å². The van der Waals surface area contributed by atoms with E-state index in [0.29, 0.717) is 5.92 Å². The van der Waals surface area contributed by atoms with Crippen molar-refractivity contribution in [1.29, 1.82) is 0 Å². The van der Waals surface area contributed by atoms with Crippen LogP contribution in [0.4, 0.5) is 10.1 Å². The fourth-order valence-corrected chi connectivity index (χ4v) is 2.38. The van der Waals surface area contributed by atoms with Crippen molar-refractivity contribution in [3.8, 4) is 0 Å². The van der Waals surface area contributed by atoms with Gasteiger partial charge >= 0.3 is 0 Å². The molecular formula is C15H22FN. The molecule has 2 rings (SSSR count). The largest absolute Gasteiger partial charge is 0.369 e. The van der Waals surface area contributed by atoms with Gasteiger partial charge in [0, 0.05) is 13.1 Å². The van der Waals surface area contributed by atoms with E-state index in [1.807, 2.05) is 6.07 Å². The van der Waals surface area contributed by atoms with Crippen LogP contribution in [-0.4, -0.2) is 13.1 Å². The third-order valence-electron chi connectivity index (χ3n) is 3.47. The molecule has 0 aromatic heterocycles. The van der Waals surface area contributed by atoms with Crippen LogP contribution in [0, 0.1) is 11.7 Å². The topological polar surface area (TPSA) is 3.24 Å². The summed E-state index contributed by atoms with van der Waals surface area (Å²) < 4.78 is 14.0. The van der Waals surface area contributed by atoms with Gasteiger partial charge in [0.25, 0.3) is 0 Å². The molecule has 1 aromatic carbocycles. The molecule has 0 atom stereocenters. The van der Waals surface area contributed by atoms with Crippen LogP contribution in [0.1, 0.15) is 38.7 Å². The SMILES string of the molecule is CC(C)CCc1ccc(N2CCCC2)c(F)c1. The van der Waals surface area contributed by atoms with Gasteiger partial charge in [0.2, 0.25) is 0 Å². The van der Waals surface area contributed by atoms with E-state index >= 15 is 0 Å². The van der Waals surface area contributed by atoms with Crippen molar-refractivity contribution in [2.45, 2.75) is 39.5 Å². The number of aryl methyl sites for hydroxylation is 1. The molecule has 0 bridgehead atoms. The van der Waals surface area contributed by atoms with Gasteiger partial charge in [-0.3, -0.25) is 0 Å². The van der Waals surface area contributed by atoms with E-state index in [9.17, 15) is 4.39 Å². The molecule has 1 fully saturated rings. The van der Waals surface area contributed by atoms with Crippen LogP contribution in [0.3, 0.4) is 0 Å². The van der Waals surface area contributed by atoms with Gasteiger partial charge in [-0.2, -0.15) is 0 Å². The zero-order valence-corrected chi connectivity index (χ0v) is 10.9. The van der Waals surface area contributed by atoms with Crippen LogP contribution in [0.15, 0.2) is 18.2 Å². The molecule has 1 aromatic rings. The molecule has 1 saturated heterocycles. The first-order chi connectivity index (χ1) is 8.16. The molecule has 1 nitrogen and oxygen atoms in total. The van der Waals surface area contributed by atoms with Gasteiger partial charge in [-0.25, -0.2) is 4.39 Å². The quantitative estimate of drug-likeness (QED) is 0.762. The first-order valence-electron chi connectivity index (χ1n) is 6.70. The van der Waals surface area contributed by atoms with Crippen LogP contribution < -0.4 is 4.90 Å². The molecule has 0 unspecified atom stereocenters. The number of benzene rings is 1. The molecule has 0 N–H and O–H groups in total. The summed E-state index contributed by atoms with van der Waals surface area (Å²) in [6, 6.07) is 5.76. The predicted molar refractivity (Wildman–Crippen MR) is 71.0 cm³/mol. The summed E-state index contributed by atoms with van der Waals surface area (Å²) in [6.07, 6.45) is 4.49. The maximum Gasteiger partial charge on any atom is 0.146 e. The lowest BCUT2D eigenvalue weighted by atomic mass is 10.0. The van der Waals surface area contributed by atoms with E-state index in [-0.39, 0.29) is 5.82 Å². The minimum Gasteiger partial charge on any atom is -0.369 e. The molecule has 1 aliphatic rings. The molecule has 0 aliphatic carbocycles. The second kappa shape index (κ2) is 5.52. The highest BCUT2D eigenvalue weighted by Gasteiger charge is 2.15. The number of anilines is 1. The summed E-state index contributed by atoms with van der Waals surface area (Å²) in [6.45, 7) is 6.41. The zero-order valence-electron chi connectivity index (χ0n) is 10.9. The number of hydrogen-bond acceptors (Lipinski definition) is 1. The fourth-order valence-electron chi connectivity index (χ4n) is 2.38. The Morgan fingerprint density at radius 2 is 1.94 bits per heavy atom. The number of hydrogen-bond donors (Lipinski definition) is 0. The average molecular weight is 235 g/mol. The first kappa shape index (κ1) is 12.4. The number of rotatable bonds is 4. The Labute approximate surface area is 104 Å². The maximum absolute atomic E-state index is 14.0. The molecular weight excluding hydrogens is 213 g/mol. The van der Waals surface area contributed by atoms with Crippen LogP contribution in [-0.2, 0) is 6.42 Å². The van der Waals surface area contributed by atoms with Crippen molar-refractivity contribution in [2.24, 2.45) is 5.92 Å². The Kier molecular flexibility index (Phi) is 4.03. The van der Waals surface area contributed by atoms with E-state index in [2.05, 4.69) is 24.8 Å². The van der Waals surface area contributed by atoms with Crippen molar-refractivity contribution in [2.75, 3.05) is 18.0 Å². The van der Waals surface area contributed by atoms with E-state index < -0.39 is 0 Å². The molecule has 17 heavy (non-hydrogen) atoms. The average Bonchev–Trinajstić information content (AvgIpc) is 2.79. The molecule has 0 amide bonds. The Hall–Kier alpha value is -1.05.